The fourth-order valence-electron chi connectivity index (χ4n) is 2.14. The molecule has 0 saturated heterocycles. The molecule has 26 heavy (non-hydrogen) atoms. The maximum atomic E-state index is 12.0. The number of esters is 1. The molecule has 0 unspecified atom stereocenters. The number of ether oxygens (including phenoxy) is 1. The number of aliphatic imine (C=N–C) groups is 1. The molecule has 1 aliphatic heterocycles. The highest BCUT2D eigenvalue weighted by molar-refractivity contribution is 8.18. The van der Waals surface area contributed by atoms with Crippen LogP contribution in [0, 0.1) is 0 Å². The number of rotatable bonds is 3. The SMILES string of the molecule is CC(=O)NC1=NC(=O)/C(=C/c2ccc(OC(=O)c3ccccc3)cc2)S1. The Balaban J connectivity index is 1.66. The molecule has 6 nitrogen and oxygen atoms in total. The van der Waals surface area contributed by atoms with Gasteiger partial charge in [-0.05, 0) is 47.7 Å². The third-order valence-corrected chi connectivity index (χ3v) is 4.20. The van der Waals surface area contributed by atoms with Gasteiger partial charge in [0.15, 0.2) is 5.17 Å². The van der Waals surface area contributed by atoms with E-state index in [1.807, 2.05) is 6.07 Å². The molecular formula is C19H14N2O4S. The summed E-state index contributed by atoms with van der Waals surface area (Å²) in [7, 11) is 0. The highest BCUT2D eigenvalue weighted by Crippen LogP contribution is 2.28. The number of carbonyl (C=O) groups is 3. The van der Waals surface area contributed by atoms with Crippen molar-refractivity contribution in [3.63, 3.8) is 0 Å². The summed E-state index contributed by atoms with van der Waals surface area (Å²) in [6, 6.07) is 15.4. The van der Waals surface area contributed by atoms with Crippen molar-refractivity contribution in [3.05, 3.63) is 70.6 Å². The summed E-state index contributed by atoms with van der Waals surface area (Å²) in [5, 5.41) is 2.75. The van der Waals surface area contributed by atoms with Crippen LogP contribution in [0.2, 0.25) is 0 Å². The third kappa shape index (κ3) is 4.46. The van der Waals surface area contributed by atoms with Crippen molar-refractivity contribution in [1.82, 2.24) is 5.32 Å². The van der Waals surface area contributed by atoms with Crippen LogP contribution in [0.25, 0.3) is 6.08 Å². The zero-order valence-electron chi connectivity index (χ0n) is 13.8. The van der Waals surface area contributed by atoms with Crippen molar-refractivity contribution >= 4 is 40.8 Å². The maximum absolute atomic E-state index is 12.0. The number of benzene rings is 2. The number of carbonyl (C=O) groups excluding carboxylic acids is 3. The van der Waals surface area contributed by atoms with Crippen LogP contribution >= 0.6 is 11.8 Å². The lowest BCUT2D eigenvalue weighted by molar-refractivity contribution is -0.117. The van der Waals surface area contributed by atoms with E-state index >= 15 is 0 Å². The zero-order valence-corrected chi connectivity index (χ0v) is 14.6. The van der Waals surface area contributed by atoms with Gasteiger partial charge in [-0.3, -0.25) is 9.59 Å². The van der Waals surface area contributed by atoms with Gasteiger partial charge in [0.2, 0.25) is 5.91 Å². The monoisotopic (exact) mass is 366 g/mol. The van der Waals surface area contributed by atoms with E-state index in [2.05, 4.69) is 10.3 Å². The molecule has 1 heterocycles. The number of thioether (sulfide) groups is 1. The van der Waals surface area contributed by atoms with Crippen LogP contribution in [-0.2, 0) is 9.59 Å². The second-order valence-electron chi connectivity index (χ2n) is 5.34. The minimum atomic E-state index is -0.438. The number of hydrogen-bond donors (Lipinski definition) is 1. The van der Waals surface area contributed by atoms with Crippen molar-refractivity contribution < 1.29 is 19.1 Å². The maximum Gasteiger partial charge on any atom is 0.343 e. The fraction of sp³-hybridized carbons (Fsp3) is 0.0526. The Bertz CT molecular complexity index is 918. The van der Waals surface area contributed by atoms with Gasteiger partial charge in [0.05, 0.1) is 10.5 Å². The second-order valence-corrected chi connectivity index (χ2v) is 6.37. The Kier molecular flexibility index (Phi) is 5.28. The van der Waals surface area contributed by atoms with Crippen LogP contribution in [-0.4, -0.2) is 23.0 Å². The summed E-state index contributed by atoms with van der Waals surface area (Å²) in [4.78, 5) is 39.1. The molecular weight excluding hydrogens is 352 g/mol. The molecule has 0 aromatic heterocycles. The van der Waals surface area contributed by atoms with E-state index < -0.39 is 11.9 Å². The van der Waals surface area contributed by atoms with Gasteiger partial charge in [0.25, 0.3) is 5.91 Å². The van der Waals surface area contributed by atoms with E-state index in [0.29, 0.717) is 16.2 Å². The van der Waals surface area contributed by atoms with E-state index in [1.54, 1.807) is 54.6 Å². The van der Waals surface area contributed by atoms with Crippen molar-refractivity contribution in [3.8, 4) is 5.75 Å². The molecule has 130 valence electrons. The van der Waals surface area contributed by atoms with Crippen LogP contribution in [0.5, 0.6) is 5.75 Å². The van der Waals surface area contributed by atoms with Gasteiger partial charge in [-0.15, -0.1) is 0 Å². The van der Waals surface area contributed by atoms with Gasteiger partial charge in [0, 0.05) is 6.92 Å². The highest BCUT2D eigenvalue weighted by atomic mass is 32.2. The Morgan fingerprint density at radius 1 is 1.08 bits per heavy atom. The molecule has 0 radical (unpaired) electrons. The van der Waals surface area contributed by atoms with E-state index in [0.717, 1.165) is 17.3 Å². The van der Waals surface area contributed by atoms with Crippen molar-refractivity contribution in [2.45, 2.75) is 6.92 Å². The molecule has 0 aliphatic carbocycles. The summed E-state index contributed by atoms with van der Waals surface area (Å²) in [5.41, 5.74) is 1.22. The first-order valence-electron chi connectivity index (χ1n) is 7.69. The minimum absolute atomic E-state index is 0.266. The lowest BCUT2D eigenvalue weighted by atomic mass is 10.2. The van der Waals surface area contributed by atoms with Crippen LogP contribution in [0.4, 0.5) is 0 Å². The standard InChI is InChI=1S/C19H14N2O4S/c1-12(22)20-19-21-17(23)16(26-19)11-13-7-9-15(10-8-13)25-18(24)14-5-3-2-4-6-14/h2-11H,1H3,(H,20,21,22,23)/b16-11-. The van der Waals surface area contributed by atoms with Crippen LogP contribution in [0.1, 0.15) is 22.8 Å². The quantitative estimate of drug-likeness (QED) is 0.513. The Morgan fingerprint density at radius 2 is 1.77 bits per heavy atom. The average molecular weight is 366 g/mol. The summed E-state index contributed by atoms with van der Waals surface area (Å²) >= 11 is 1.10. The molecule has 3 rings (SSSR count). The first-order valence-corrected chi connectivity index (χ1v) is 8.50. The Labute approximate surface area is 154 Å². The van der Waals surface area contributed by atoms with E-state index in [1.165, 1.54) is 6.92 Å². The van der Waals surface area contributed by atoms with E-state index in [-0.39, 0.29) is 11.1 Å². The van der Waals surface area contributed by atoms with Crippen LogP contribution in [0.15, 0.2) is 64.5 Å². The van der Waals surface area contributed by atoms with Gasteiger partial charge >= 0.3 is 5.97 Å². The van der Waals surface area contributed by atoms with Gasteiger partial charge in [-0.1, -0.05) is 30.3 Å². The van der Waals surface area contributed by atoms with Gasteiger partial charge in [0.1, 0.15) is 5.75 Å². The third-order valence-electron chi connectivity index (χ3n) is 3.30. The number of nitrogens with one attached hydrogen (secondary N) is 1. The fourth-order valence-corrected chi connectivity index (χ4v) is 3.00. The second kappa shape index (κ2) is 7.79. The molecule has 0 fully saturated rings. The Morgan fingerprint density at radius 3 is 2.42 bits per heavy atom. The smallest absolute Gasteiger partial charge is 0.343 e. The molecule has 1 N–H and O–H groups in total. The highest BCUT2D eigenvalue weighted by Gasteiger charge is 2.22. The molecule has 2 aromatic carbocycles. The largest absolute Gasteiger partial charge is 0.423 e. The molecule has 0 atom stereocenters. The topological polar surface area (TPSA) is 84.8 Å². The van der Waals surface area contributed by atoms with Crippen molar-refractivity contribution in [1.29, 1.82) is 0 Å². The average Bonchev–Trinajstić information content (AvgIpc) is 2.95. The zero-order chi connectivity index (χ0) is 18.5. The summed E-state index contributed by atoms with van der Waals surface area (Å²) < 4.78 is 5.31. The molecule has 1 aliphatic rings. The van der Waals surface area contributed by atoms with Crippen molar-refractivity contribution in [2.24, 2.45) is 4.99 Å². The number of nitrogens with zero attached hydrogens (tertiary/aromatic N) is 1. The molecule has 0 spiro atoms. The number of amides is 2. The number of hydrogen-bond acceptors (Lipinski definition) is 5. The molecule has 2 aromatic rings. The van der Waals surface area contributed by atoms with E-state index in [9.17, 15) is 14.4 Å². The summed E-state index contributed by atoms with van der Waals surface area (Å²) in [6.07, 6.45) is 1.66. The molecule has 2 amide bonds. The first-order chi connectivity index (χ1) is 12.5. The molecule has 0 saturated carbocycles. The summed E-state index contributed by atoms with van der Waals surface area (Å²) in [6.45, 7) is 1.35. The van der Waals surface area contributed by atoms with Crippen LogP contribution < -0.4 is 10.1 Å². The van der Waals surface area contributed by atoms with Gasteiger partial charge in [-0.25, -0.2) is 4.79 Å². The van der Waals surface area contributed by atoms with Crippen LogP contribution in [0.3, 0.4) is 0 Å². The predicted octanol–water partition coefficient (Wildman–Crippen LogP) is 3.01. The van der Waals surface area contributed by atoms with Gasteiger partial charge < -0.3 is 10.1 Å². The lowest BCUT2D eigenvalue weighted by Crippen LogP contribution is -2.23. The lowest BCUT2D eigenvalue weighted by Gasteiger charge is -2.04. The minimum Gasteiger partial charge on any atom is -0.423 e. The van der Waals surface area contributed by atoms with E-state index in [4.69, 9.17) is 4.74 Å². The van der Waals surface area contributed by atoms with Gasteiger partial charge in [-0.2, -0.15) is 4.99 Å². The number of amidine groups is 1. The Hall–Kier alpha value is -3.19. The predicted molar refractivity (Wildman–Crippen MR) is 99.7 cm³/mol. The molecule has 7 heteroatoms. The van der Waals surface area contributed by atoms with Crippen molar-refractivity contribution in [2.75, 3.05) is 0 Å². The normalized spacial score (nSPS) is 14.9. The summed E-state index contributed by atoms with van der Waals surface area (Å²) in [5.74, 6) is -0.721. The molecule has 0 bridgehead atoms. The first kappa shape index (κ1) is 17.6.